The number of benzene rings is 2. The summed E-state index contributed by atoms with van der Waals surface area (Å²) in [6.07, 6.45) is 0. The molecule has 2 aromatic rings. The summed E-state index contributed by atoms with van der Waals surface area (Å²) in [4.78, 5) is 0. The number of ether oxygens (including phenoxy) is 1. The van der Waals surface area contributed by atoms with E-state index in [1.807, 2.05) is 37.3 Å². The van der Waals surface area contributed by atoms with Crippen LogP contribution in [0.4, 0.5) is 0 Å². The summed E-state index contributed by atoms with van der Waals surface area (Å²) in [5, 5.41) is 0.656. The van der Waals surface area contributed by atoms with Crippen molar-refractivity contribution in [1.82, 2.24) is 0 Å². The van der Waals surface area contributed by atoms with Gasteiger partial charge in [-0.3, -0.25) is 0 Å². The van der Waals surface area contributed by atoms with Gasteiger partial charge in [0.05, 0.1) is 13.2 Å². The van der Waals surface area contributed by atoms with Gasteiger partial charge in [-0.2, -0.15) is 0 Å². The number of nitrogens with two attached hydrogens (primary N) is 1. The van der Waals surface area contributed by atoms with E-state index in [2.05, 4.69) is 31.9 Å². The molecule has 0 amide bonds. The number of rotatable bonds is 3. The van der Waals surface area contributed by atoms with Gasteiger partial charge >= 0.3 is 0 Å². The Morgan fingerprint density at radius 1 is 1.10 bits per heavy atom. The first-order chi connectivity index (χ1) is 9.43. The molecule has 0 bridgehead atoms. The maximum atomic E-state index is 6.39. The van der Waals surface area contributed by atoms with Crippen LogP contribution in [0.25, 0.3) is 0 Å². The van der Waals surface area contributed by atoms with Crippen molar-refractivity contribution in [3.8, 4) is 5.75 Å². The van der Waals surface area contributed by atoms with Crippen molar-refractivity contribution in [2.24, 2.45) is 5.73 Å². The molecule has 0 saturated carbocycles. The summed E-state index contributed by atoms with van der Waals surface area (Å²) < 4.78 is 7.37. The van der Waals surface area contributed by atoms with Crippen LogP contribution in [0, 0.1) is 6.92 Å². The normalized spacial score (nSPS) is 12.3. The monoisotopic (exact) mass is 417 g/mol. The number of hydrogen-bond donors (Lipinski definition) is 1. The summed E-state index contributed by atoms with van der Waals surface area (Å²) in [6.45, 7) is 2.01. The molecule has 1 atom stereocenters. The number of aryl methyl sites for hydroxylation is 1. The Bertz CT molecular complexity index is 646. The van der Waals surface area contributed by atoms with Gasteiger partial charge in [-0.05, 0) is 48.4 Å². The van der Waals surface area contributed by atoms with Crippen LogP contribution in [0.2, 0.25) is 5.02 Å². The van der Waals surface area contributed by atoms with Gasteiger partial charge in [-0.25, -0.2) is 0 Å². The van der Waals surface area contributed by atoms with Crippen molar-refractivity contribution in [3.63, 3.8) is 0 Å². The molecule has 0 heterocycles. The van der Waals surface area contributed by atoms with Crippen molar-refractivity contribution < 1.29 is 4.74 Å². The van der Waals surface area contributed by atoms with E-state index in [9.17, 15) is 0 Å². The van der Waals surface area contributed by atoms with Crippen molar-refractivity contribution in [2.75, 3.05) is 7.11 Å². The quantitative estimate of drug-likeness (QED) is 0.739. The molecule has 0 spiro atoms. The van der Waals surface area contributed by atoms with Crippen molar-refractivity contribution in [2.45, 2.75) is 13.0 Å². The van der Waals surface area contributed by atoms with Crippen LogP contribution in [0.1, 0.15) is 22.7 Å². The van der Waals surface area contributed by atoms with E-state index in [4.69, 9.17) is 22.1 Å². The Balaban J connectivity index is 2.55. The minimum Gasteiger partial charge on any atom is -0.496 e. The standard InChI is InChI=1S/C15H14Br2ClNO/c1-8-5-14(20-2)11(7-13(8)17)15(19)10-6-9(18)3-4-12(10)16/h3-7,15H,19H2,1-2H3. The van der Waals surface area contributed by atoms with Crippen LogP contribution >= 0.6 is 43.5 Å². The van der Waals surface area contributed by atoms with E-state index in [1.165, 1.54) is 0 Å². The van der Waals surface area contributed by atoms with E-state index in [0.29, 0.717) is 5.02 Å². The summed E-state index contributed by atoms with van der Waals surface area (Å²) >= 11 is 13.1. The molecule has 0 aliphatic heterocycles. The van der Waals surface area contributed by atoms with Crippen molar-refractivity contribution >= 4 is 43.5 Å². The second kappa shape index (κ2) is 6.48. The molecule has 2 rings (SSSR count). The summed E-state index contributed by atoms with van der Waals surface area (Å²) in [7, 11) is 1.64. The van der Waals surface area contributed by atoms with Gasteiger partial charge < -0.3 is 10.5 Å². The maximum Gasteiger partial charge on any atom is 0.124 e. The molecular formula is C15H14Br2ClNO. The summed E-state index contributed by atoms with van der Waals surface area (Å²) in [5.41, 5.74) is 9.32. The molecular weight excluding hydrogens is 405 g/mol. The lowest BCUT2D eigenvalue weighted by Gasteiger charge is -2.19. The second-order valence-corrected chi connectivity index (χ2v) is 6.63. The lowest BCUT2D eigenvalue weighted by Crippen LogP contribution is -2.14. The zero-order valence-electron chi connectivity index (χ0n) is 11.1. The number of methoxy groups -OCH3 is 1. The molecule has 106 valence electrons. The van der Waals surface area contributed by atoms with Gasteiger partial charge in [-0.15, -0.1) is 0 Å². The molecule has 0 aliphatic rings. The first-order valence-electron chi connectivity index (χ1n) is 5.98. The first kappa shape index (κ1) is 15.8. The average molecular weight is 420 g/mol. The molecule has 0 aliphatic carbocycles. The largest absolute Gasteiger partial charge is 0.496 e. The zero-order valence-corrected chi connectivity index (χ0v) is 15.0. The van der Waals surface area contributed by atoms with Crippen LogP contribution in [-0.4, -0.2) is 7.11 Å². The Labute approximate surface area is 140 Å². The minimum atomic E-state index is -0.324. The van der Waals surface area contributed by atoms with Gasteiger partial charge in [0.2, 0.25) is 0 Å². The molecule has 0 radical (unpaired) electrons. The lowest BCUT2D eigenvalue weighted by molar-refractivity contribution is 0.407. The number of hydrogen-bond acceptors (Lipinski definition) is 2. The second-order valence-electron chi connectivity index (χ2n) is 4.49. The molecule has 2 N–H and O–H groups in total. The fraction of sp³-hybridized carbons (Fsp3) is 0.200. The van der Waals surface area contributed by atoms with E-state index < -0.39 is 0 Å². The van der Waals surface area contributed by atoms with E-state index >= 15 is 0 Å². The molecule has 5 heteroatoms. The SMILES string of the molecule is COc1cc(C)c(Br)cc1C(N)c1cc(Cl)ccc1Br. The van der Waals surface area contributed by atoms with Gasteiger partial charge in [0, 0.05) is 19.5 Å². The Morgan fingerprint density at radius 3 is 2.45 bits per heavy atom. The molecule has 20 heavy (non-hydrogen) atoms. The van der Waals surface area contributed by atoms with E-state index in [1.54, 1.807) is 7.11 Å². The fourth-order valence-corrected chi connectivity index (χ4v) is 3.05. The molecule has 1 unspecified atom stereocenters. The summed E-state index contributed by atoms with van der Waals surface area (Å²) in [6, 6.07) is 9.22. The maximum absolute atomic E-state index is 6.39. The highest BCUT2D eigenvalue weighted by Crippen LogP contribution is 2.36. The molecule has 0 fully saturated rings. The van der Waals surface area contributed by atoms with Crippen LogP contribution in [0.3, 0.4) is 0 Å². The van der Waals surface area contributed by atoms with Crippen molar-refractivity contribution in [1.29, 1.82) is 0 Å². The molecule has 2 nitrogen and oxygen atoms in total. The topological polar surface area (TPSA) is 35.2 Å². The van der Waals surface area contributed by atoms with Crippen LogP contribution in [-0.2, 0) is 0 Å². The van der Waals surface area contributed by atoms with E-state index in [0.717, 1.165) is 31.4 Å². The Hall–Kier alpha value is -0.550. The molecule has 0 aromatic heterocycles. The van der Waals surface area contributed by atoms with Gasteiger partial charge in [0.15, 0.2) is 0 Å². The van der Waals surface area contributed by atoms with Crippen LogP contribution in [0.15, 0.2) is 39.3 Å². The summed E-state index contributed by atoms with van der Waals surface area (Å²) in [5.74, 6) is 0.769. The third-order valence-corrected chi connectivity index (χ3v) is 4.95. The Morgan fingerprint density at radius 2 is 1.80 bits per heavy atom. The lowest BCUT2D eigenvalue weighted by atomic mass is 9.97. The van der Waals surface area contributed by atoms with Crippen molar-refractivity contribution in [3.05, 3.63) is 61.0 Å². The fourth-order valence-electron chi connectivity index (χ4n) is 2.01. The third kappa shape index (κ3) is 3.19. The highest BCUT2D eigenvalue weighted by atomic mass is 79.9. The Kier molecular flexibility index (Phi) is 5.13. The van der Waals surface area contributed by atoms with Gasteiger partial charge in [0.25, 0.3) is 0 Å². The van der Waals surface area contributed by atoms with E-state index in [-0.39, 0.29) is 6.04 Å². The first-order valence-corrected chi connectivity index (χ1v) is 7.95. The van der Waals surface area contributed by atoms with Gasteiger partial charge in [0.1, 0.15) is 5.75 Å². The predicted molar refractivity (Wildman–Crippen MR) is 90.6 cm³/mol. The molecule has 2 aromatic carbocycles. The highest BCUT2D eigenvalue weighted by Gasteiger charge is 2.18. The highest BCUT2D eigenvalue weighted by molar-refractivity contribution is 9.10. The smallest absolute Gasteiger partial charge is 0.124 e. The minimum absolute atomic E-state index is 0.324. The van der Waals surface area contributed by atoms with Gasteiger partial charge in [-0.1, -0.05) is 43.5 Å². The predicted octanol–water partition coefficient (Wildman–Crippen LogP) is 5.23. The number of halogens is 3. The third-order valence-electron chi connectivity index (χ3n) is 3.14. The van der Waals surface area contributed by atoms with Crippen LogP contribution < -0.4 is 10.5 Å². The average Bonchev–Trinajstić information content (AvgIpc) is 2.43. The zero-order chi connectivity index (χ0) is 14.9. The molecule has 0 saturated heterocycles. The van der Waals surface area contributed by atoms with Crippen LogP contribution in [0.5, 0.6) is 5.75 Å².